The summed E-state index contributed by atoms with van der Waals surface area (Å²) in [6.07, 6.45) is 8.62. The van der Waals surface area contributed by atoms with E-state index in [-0.39, 0.29) is 6.10 Å². The molecule has 2 N–H and O–H groups in total. The van der Waals surface area contributed by atoms with Gasteiger partial charge in [0.05, 0.1) is 12.7 Å². The fourth-order valence-corrected chi connectivity index (χ4v) is 2.16. The third-order valence-corrected chi connectivity index (χ3v) is 3.68. The molecule has 1 aliphatic carbocycles. The standard InChI is InChI=1S/C15H31NO2/c1-3-4-5-6-7-8-9-18-12-14(17)11-16-15-10-13(15)2/h13-17H,3-12H2,1-2H3. The number of aliphatic hydroxyl groups excluding tert-OH is 1. The Morgan fingerprint density at radius 1 is 1.22 bits per heavy atom. The molecular weight excluding hydrogens is 226 g/mol. The molecule has 3 atom stereocenters. The first-order valence-electron chi connectivity index (χ1n) is 7.73. The summed E-state index contributed by atoms with van der Waals surface area (Å²) in [5.41, 5.74) is 0. The molecule has 0 aliphatic heterocycles. The molecule has 0 aromatic rings. The fourth-order valence-electron chi connectivity index (χ4n) is 2.16. The van der Waals surface area contributed by atoms with Gasteiger partial charge >= 0.3 is 0 Å². The zero-order chi connectivity index (χ0) is 13.2. The molecule has 1 fully saturated rings. The van der Waals surface area contributed by atoms with Crippen LogP contribution in [0.25, 0.3) is 0 Å². The highest BCUT2D eigenvalue weighted by Gasteiger charge is 2.32. The summed E-state index contributed by atoms with van der Waals surface area (Å²) >= 11 is 0. The van der Waals surface area contributed by atoms with Crippen molar-refractivity contribution in [3.05, 3.63) is 0 Å². The van der Waals surface area contributed by atoms with Gasteiger partial charge in [0.15, 0.2) is 0 Å². The summed E-state index contributed by atoms with van der Waals surface area (Å²) < 4.78 is 5.49. The monoisotopic (exact) mass is 257 g/mol. The Balaban J connectivity index is 1.76. The highest BCUT2D eigenvalue weighted by atomic mass is 16.5. The van der Waals surface area contributed by atoms with Gasteiger partial charge in [0.1, 0.15) is 0 Å². The molecule has 3 nitrogen and oxygen atoms in total. The number of nitrogens with one attached hydrogen (secondary N) is 1. The normalized spacial score (nSPS) is 24.2. The van der Waals surface area contributed by atoms with E-state index < -0.39 is 0 Å². The Kier molecular flexibility index (Phi) is 8.64. The quantitative estimate of drug-likeness (QED) is 0.528. The van der Waals surface area contributed by atoms with Crippen molar-refractivity contribution in [2.75, 3.05) is 19.8 Å². The van der Waals surface area contributed by atoms with Crippen LogP contribution >= 0.6 is 0 Å². The van der Waals surface area contributed by atoms with Crippen molar-refractivity contribution >= 4 is 0 Å². The minimum atomic E-state index is -0.349. The zero-order valence-electron chi connectivity index (χ0n) is 12.2. The first kappa shape index (κ1) is 15.9. The first-order valence-corrected chi connectivity index (χ1v) is 7.73. The van der Waals surface area contributed by atoms with E-state index in [1.165, 1.54) is 38.5 Å². The van der Waals surface area contributed by atoms with Crippen molar-refractivity contribution in [1.82, 2.24) is 5.32 Å². The smallest absolute Gasteiger partial charge is 0.0897 e. The summed E-state index contributed by atoms with van der Waals surface area (Å²) in [5, 5.41) is 13.0. The molecule has 0 amide bonds. The maximum atomic E-state index is 9.70. The van der Waals surface area contributed by atoms with Gasteiger partial charge in [-0.05, 0) is 18.8 Å². The molecule has 0 saturated heterocycles. The van der Waals surface area contributed by atoms with Crippen LogP contribution < -0.4 is 5.32 Å². The minimum Gasteiger partial charge on any atom is -0.389 e. The molecule has 1 saturated carbocycles. The summed E-state index contributed by atoms with van der Waals surface area (Å²) in [6, 6.07) is 0.637. The molecule has 0 aromatic heterocycles. The van der Waals surface area contributed by atoms with Crippen LogP contribution in [-0.2, 0) is 4.74 Å². The number of aliphatic hydroxyl groups is 1. The molecule has 1 aliphatic rings. The van der Waals surface area contributed by atoms with Crippen molar-refractivity contribution in [3.8, 4) is 0 Å². The van der Waals surface area contributed by atoms with Crippen LogP contribution in [0.4, 0.5) is 0 Å². The number of rotatable bonds is 12. The Morgan fingerprint density at radius 3 is 2.56 bits per heavy atom. The van der Waals surface area contributed by atoms with E-state index in [9.17, 15) is 5.11 Å². The van der Waals surface area contributed by atoms with Gasteiger partial charge in [0.2, 0.25) is 0 Å². The van der Waals surface area contributed by atoms with Crippen molar-refractivity contribution in [1.29, 1.82) is 0 Å². The second kappa shape index (κ2) is 9.76. The van der Waals surface area contributed by atoms with Crippen molar-refractivity contribution in [2.45, 2.75) is 70.9 Å². The third kappa shape index (κ3) is 8.06. The summed E-state index contributed by atoms with van der Waals surface area (Å²) in [4.78, 5) is 0. The van der Waals surface area contributed by atoms with E-state index in [1.54, 1.807) is 0 Å². The topological polar surface area (TPSA) is 41.5 Å². The van der Waals surface area contributed by atoms with Crippen LogP contribution in [-0.4, -0.2) is 37.0 Å². The van der Waals surface area contributed by atoms with Crippen molar-refractivity contribution < 1.29 is 9.84 Å². The maximum absolute atomic E-state index is 9.70. The molecule has 1 rings (SSSR count). The molecule has 108 valence electrons. The Bertz CT molecular complexity index is 199. The van der Waals surface area contributed by atoms with E-state index in [0.717, 1.165) is 18.9 Å². The average molecular weight is 257 g/mol. The van der Waals surface area contributed by atoms with E-state index in [1.807, 2.05) is 0 Å². The van der Waals surface area contributed by atoms with Gasteiger partial charge in [0.25, 0.3) is 0 Å². The number of ether oxygens (including phenoxy) is 1. The van der Waals surface area contributed by atoms with Gasteiger partial charge in [0, 0.05) is 19.2 Å². The number of hydrogen-bond donors (Lipinski definition) is 2. The SMILES string of the molecule is CCCCCCCCOCC(O)CNC1CC1C. The number of unbranched alkanes of at least 4 members (excludes halogenated alkanes) is 5. The molecule has 0 radical (unpaired) electrons. The summed E-state index contributed by atoms with van der Waals surface area (Å²) in [5.74, 6) is 0.793. The van der Waals surface area contributed by atoms with Gasteiger partial charge in [-0.25, -0.2) is 0 Å². The lowest BCUT2D eigenvalue weighted by Crippen LogP contribution is -2.32. The molecule has 0 bridgehead atoms. The van der Waals surface area contributed by atoms with Crippen LogP contribution in [0, 0.1) is 5.92 Å². The van der Waals surface area contributed by atoms with Crippen LogP contribution in [0.15, 0.2) is 0 Å². The predicted molar refractivity (Wildman–Crippen MR) is 75.8 cm³/mol. The highest BCUT2D eigenvalue weighted by molar-refractivity contribution is 4.89. The summed E-state index contributed by atoms with van der Waals surface area (Å²) in [6.45, 7) is 6.41. The predicted octanol–water partition coefficient (Wildman–Crippen LogP) is 2.72. The summed E-state index contributed by atoms with van der Waals surface area (Å²) in [7, 11) is 0. The van der Waals surface area contributed by atoms with Gasteiger partial charge in [-0.1, -0.05) is 46.0 Å². The van der Waals surface area contributed by atoms with Crippen LogP contribution in [0.3, 0.4) is 0 Å². The van der Waals surface area contributed by atoms with E-state index in [4.69, 9.17) is 4.74 Å². The second-order valence-corrected chi connectivity index (χ2v) is 5.72. The average Bonchev–Trinajstić information content (AvgIpc) is 3.06. The third-order valence-electron chi connectivity index (χ3n) is 3.68. The van der Waals surface area contributed by atoms with Crippen LogP contribution in [0.1, 0.15) is 58.8 Å². The lowest BCUT2D eigenvalue weighted by atomic mass is 10.1. The van der Waals surface area contributed by atoms with E-state index in [0.29, 0.717) is 19.2 Å². The number of hydrogen-bond acceptors (Lipinski definition) is 3. The first-order chi connectivity index (χ1) is 8.74. The minimum absolute atomic E-state index is 0.349. The molecule has 3 unspecified atom stereocenters. The Morgan fingerprint density at radius 2 is 1.89 bits per heavy atom. The van der Waals surface area contributed by atoms with Crippen molar-refractivity contribution in [2.24, 2.45) is 5.92 Å². The molecule has 18 heavy (non-hydrogen) atoms. The molecule has 3 heteroatoms. The van der Waals surface area contributed by atoms with Gasteiger partial charge < -0.3 is 15.2 Å². The second-order valence-electron chi connectivity index (χ2n) is 5.72. The van der Waals surface area contributed by atoms with E-state index >= 15 is 0 Å². The molecule has 0 heterocycles. The van der Waals surface area contributed by atoms with Crippen LogP contribution in [0.5, 0.6) is 0 Å². The van der Waals surface area contributed by atoms with Gasteiger partial charge in [-0.15, -0.1) is 0 Å². The molecule has 0 aromatic carbocycles. The van der Waals surface area contributed by atoms with Crippen LogP contribution in [0.2, 0.25) is 0 Å². The lowest BCUT2D eigenvalue weighted by molar-refractivity contribution is 0.0351. The molecular formula is C15H31NO2. The zero-order valence-corrected chi connectivity index (χ0v) is 12.2. The lowest BCUT2D eigenvalue weighted by Gasteiger charge is -2.12. The highest BCUT2D eigenvalue weighted by Crippen LogP contribution is 2.28. The fraction of sp³-hybridized carbons (Fsp3) is 1.00. The maximum Gasteiger partial charge on any atom is 0.0897 e. The van der Waals surface area contributed by atoms with Gasteiger partial charge in [-0.3, -0.25) is 0 Å². The van der Waals surface area contributed by atoms with Gasteiger partial charge in [-0.2, -0.15) is 0 Å². The van der Waals surface area contributed by atoms with Crippen molar-refractivity contribution in [3.63, 3.8) is 0 Å². The largest absolute Gasteiger partial charge is 0.389 e. The van der Waals surface area contributed by atoms with E-state index in [2.05, 4.69) is 19.2 Å². The molecule has 0 spiro atoms. The Hall–Kier alpha value is -0.120. The Labute approximate surface area is 112 Å².